The molecule has 1 unspecified atom stereocenters. The zero-order valence-electron chi connectivity index (χ0n) is 10.8. The van der Waals surface area contributed by atoms with Crippen LogP contribution in [0, 0.1) is 0 Å². The van der Waals surface area contributed by atoms with Gasteiger partial charge >= 0.3 is 5.97 Å². The van der Waals surface area contributed by atoms with Crippen molar-refractivity contribution in [2.75, 3.05) is 5.73 Å². The summed E-state index contributed by atoms with van der Waals surface area (Å²) in [6, 6.07) is 7.04. The minimum atomic E-state index is -0.486. The van der Waals surface area contributed by atoms with Crippen LogP contribution in [-0.4, -0.2) is 21.6 Å². The second-order valence-corrected chi connectivity index (χ2v) is 4.49. The lowest BCUT2D eigenvalue weighted by Crippen LogP contribution is -2.23. The Hall–Kier alpha value is -2.04. The standard InChI is InChI=1S/C13H17N3O2/c1-8(2)18-12(17)9(3)16-11-7-5-4-6-10(11)15-13(16)14/h4-9H,1-3H3,(H2,14,15). The van der Waals surface area contributed by atoms with Gasteiger partial charge in [-0.05, 0) is 32.9 Å². The average molecular weight is 247 g/mol. The van der Waals surface area contributed by atoms with Crippen LogP contribution in [0.5, 0.6) is 0 Å². The molecule has 2 aromatic rings. The smallest absolute Gasteiger partial charge is 0.329 e. The van der Waals surface area contributed by atoms with Crippen molar-refractivity contribution in [1.82, 2.24) is 9.55 Å². The molecule has 0 aliphatic carbocycles. The van der Waals surface area contributed by atoms with Crippen molar-refractivity contribution in [2.24, 2.45) is 0 Å². The number of nitrogens with zero attached hydrogens (tertiary/aromatic N) is 2. The molecule has 0 saturated heterocycles. The average Bonchev–Trinajstić information content (AvgIpc) is 2.63. The van der Waals surface area contributed by atoms with Crippen LogP contribution >= 0.6 is 0 Å². The molecule has 0 spiro atoms. The van der Waals surface area contributed by atoms with Crippen LogP contribution in [-0.2, 0) is 9.53 Å². The van der Waals surface area contributed by atoms with E-state index in [0.717, 1.165) is 11.0 Å². The van der Waals surface area contributed by atoms with Crippen LogP contribution in [0.2, 0.25) is 0 Å². The molecule has 1 atom stereocenters. The summed E-state index contributed by atoms with van der Waals surface area (Å²) in [6.07, 6.45) is -0.143. The fourth-order valence-corrected chi connectivity index (χ4v) is 1.91. The van der Waals surface area contributed by atoms with Crippen molar-refractivity contribution in [3.63, 3.8) is 0 Å². The number of esters is 1. The summed E-state index contributed by atoms with van der Waals surface area (Å²) < 4.78 is 6.89. The van der Waals surface area contributed by atoms with Crippen LogP contribution < -0.4 is 5.73 Å². The Morgan fingerprint density at radius 3 is 2.67 bits per heavy atom. The molecule has 0 bridgehead atoms. The topological polar surface area (TPSA) is 70.1 Å². The molecule has 1 aromatic carbocycles. The van der Waals surface area contributed by atoms with Crippen molar-refractivity contribution >= 4 is 23.0 Å². The van der Waals surface area contributed by atoms with Crippen molar-refractivity contribution in [2.45, 2.75) is 32.9 Å². The first-order valence-electron chi connectivity index (χ1n) is 5.93. The Labute approximate surface area is 106 Å². The Bertz CT molecular complexity index is 575. The third kappa shape index (κ3) is 2.16. The Kier molecular flexibility index (Phi) is 3.23. The lowest BCUT2D eigenvalue weighted by atomic mass is 10.2. The van der Waals surface area contributed by atoms with Gasteiger partial charge in [0.2, 0.25) is 5.95 Å². The number of ether oxygens (including phenoxy) is 1. The molecule has 2 rings (SSSR count). The molecule has 0 radical (unpaired) electrons. The van der Waals surface area contributed by atoms with Gasteiger partial charge in [0.25, 0.3) is 0 Å². The molecule has 1 heterocycles. The minimum absolute atomic E-state index is 0.143. The minimum Gasteiger partial charge on any atom is -0.461 e. The second-order valence-electron chi connectivity index (χ2n) is 4.49. The van der Waals surface area contributed by atoms with E-state index in [1.165, 1.54) is 0 Å². The number of carbonyl (C=O) groups excluding carboxylic acids is 1. The highest BCUT2D eigenvalue weighted by molar-refractivity contribution is 5.82. The Morgan fingerprint density at radius 1 is 1.33 bits per heavy atom. The number of carbonyl (C=O) groups is 1. The quantitative estimate of drug-likeness (QED) is 0.843. The van der Waals surface area contributed by atoms with Crippen LogP contribution in [0.25, 0.3) is 11.0 Å². The number of aromatic nitrogens is 2. The number of anilines is 1. The molecule has 5 heteroatoms. The number of rotatable bonds is 3. The Balaban J connectivity index is 2.41. The van der Waals surface area contributed by atoms with Crippen molar-refractivity contribution in [3.05, 3.63) is 24.3 Å². The summed E-state index contributed by atoms with van der Waals surface area (Å²) in [4.78, 5) is 16.2. The van der Waals surface area contributed by atoms with E-state index in [0.29, 0.717) is 5.95 Å². The summed E-state index contributed by atoms with van der Waals surface area (Å²) in [5.41, 5.74) is 7.48. The predicted molar refractivity (Wildman–Crippen MR) is 70.1 cm³/mol. The number of para-hydroxylation sites is 2. The number of hydrogen-bond donors (Lipinski definition) is 1. The zero-order valence-corrected chi connectivity index (χ0v) is 10.8. The number of nitrogen functional groups attached to an aromatic ring is 1. The summed E-state index contributed by atoms with van der Waals surface area (Å²) >= 11 is 0. The van der Waals surface area contributed by atoms with Crippen molar-refractivity contribution in [3.8, 4) is 0 Å². The zero-order chi connectivity index (χ0) is 13.3. The first-order chi connectivity index (χ1) is 8.50. The summed E-state index contributed by atoms with van der Waals surface area (Å²) in [5, 5.41) is 0. The molecule has 0 amide bonds. The fourth-order valence-electron chi connectivity index (χ4n) is 1.91. The van der Waals surface area contributed by atoms with E-state index in [4.69, 9.17) is 10.5 Å². The Morgan fingerprint density at radius 2 is 2.00 bits per heavy atom. The third-order valence-corrected chi connectivity index (χ3v) is 2.70. The van der Waals surface area contributed by atoms with Gasteiger partial charge in [0, 0.05) is 0 Å². The molecule has 0 aliphatic rings. The lowest BCUT2D eigenvalue weighted by Gasteiger charge is -2.16. The van der Waals surface area contributed by atoms with Crippen LogP contribution in [0.15, 0.2) is 24.3 Å². The van der Waals surface area contributed by atoms with Gasteiger partial charge in [0.15, 0.2) is 0 Å². The van der Waals surface area contributed by atoms with E-state index in [-0.39, 0.29) is 12.1 Å². The lowest BCUT2D eigenvalue weighted by molar-refractivity contribution is -0.150. The second kappa shape index (κ2) is 4.68. The molecular weight excluding hydrogens is 230 g/mol. The van der Waals surface area contributed by atoms with Crippen LogP contribution in [0.4, 0.5) is 5.95 Å². The van der Waals surface area contributed by atoms with Gasteiger partial charge in [-0.3, -0.25) is 4.57 Å². The molecule has 0 saturated carbocycles. The number of nitrogens with two attached hydrogens (primary N) is 1. The summed E-state index contributed by atoms with van der Waals surface area (Å²) in [5.74, 6) is 0.0178. The SMILES string of the molecule is CC(C)OC(=O)C(C)n1c(N)nc2ccccc21. The van der Waals surface area contributed by atoms with Gasteiger partial charge in [-0.2, -0.15) is 0 Å². The number of fused-ring (bicyclic) bond motifs is 1. The van der Waals surface area contributed by atoms with Crippen LogP contribution in [0.3, 0.4) is 0 Å². The maximum atomic E-state index is 11.9. The van der Waals surface area contributed by atoms with E-state index < -0.39 is 6.04 Å². The van der Waals surface area contributed by atoms with Gasteiger partial charge in [-0.15, -0.1) is 0 Å². The largest absolute Gasteiger partial charge is 0.461 e. The van der Waals surface area contributed by atoms with Gasteiger partial charge in [-0.25, -0.2) is 9.78 Å². The molecule has 2 N–H and O–H groups in total. The molecular formula is C13H17N3O2. The van der Waals surface area contributed by atoms with Gasteiger partial charge < -0.3 is 10.5 Å². The number of benzene rings is 1. The van der Waals surface area contributed by atoms with E-state index in [9.17, 15) is 4.79 Å². The van der Waals surface area contributed by atoms with E-state index in [1.807, 2.05) is 38.1 Å². The normalized spacial score (nSPS) is 12.9. The highest BCUT2D eigenvalue weighted by atomic mass is 16.5. The molecule has 18 heavy (non-hydrogen) atoms. The fraction of sp³-hybridized carbons (Fsp3) is 0.385. The third-order valence-electron chi connectivity index (χ3n) is 2.70. The highest BCUT2D eigenvalue weighted by Crippen LogP contribution is 2.23. The van der Waals surface area contributed by atoms with Gasteiger partial charge in [0.05, 0.1) is 17.1 Å². The predicted octanol–water partition coefficient (Wildman–Crippen LogP) is 2.13. The number of imidazole rings is 1. The van der Waals surface area contributed by atoms with Gasteiger partial charge in [0.1, 0.15) is 6.04 Å². The first-order valence-corrected chi connectivity index (χ1v) is 5.93. The number of hydrogen-bond acceptors (Lipinski definition) is 4. The maximum absolute atomic E-state index is 11.9. The van der Waals surface area contributed by atoms with Crippen molar-refractivity contribution < 1.29 is 9.53 Å². The van der Waals surface area contributed by atoms with Gasteiger partial charge in [-0.1, -0.05) is 12.1 Å². The molecule has 0 fully saturated rings. The van der Waals surface area contributed by atoms with E-state index >= 15 is 0 Å². The van der Waals surface area contributed by atoms with E-state index in [1.54, 1.807) is 11.5 Å². The molecule has 1 aromatic heterocycles. The molecule has 5 nitrogen and oxygen atoms in total. The summed E-state index contributed by atoms with van der Waals surface area (Å²) in [7, 11) is 0. The van der Waals surface area contributed by atoms with Crippen LogP contribution in [0.1, 0.15) is 26.8 Å². The maximum Gasteiger partial charge on any atom is 0.329 e. The monoisotopic (exact) mass is 247 g/mol. The highest BCUT2D eigenvalue weighted by Gasteiger charge is 2.22. The first kappa shape index (κ1) is 12.4. The van der Waals surface area contributed by atoms with Crippen molar-refractivity contribution in [1.29, 1.82) is 0 Å². The molecule has 96 valence electrons. The summed E-state index contributed by atoms with van der Waals surface area (Å²) in [6.45, 7) is 5.40. The van der Waals surface area contributed by atoms with E-state index in [2.05, 4.69) is 4.98 Å². The molecule has 0 aliphatic heterocycles.